The summed E-state index contributed by atoms with van der Waals surface area (Å²) in [6.07, 6.45) is 1.38. The number of carbonyl (C=O) groups excluding carboxylic acids is 3. The van der Waals surface area contributed by atoms with Gasteiger partial charge in [0.1, 0.15) is 11.5 Å². The minimum Gasteiger partial charge on any atom is -0.507 e. The lowest BCUT2D eigenvalue weighted by Gasteiger charge is -2.26. The van der Waals surface area contributed by atoms with Crippen molar-refractivity contribution < 1.29 is 29.0 Å². The Morgan fingerprint density at radius 2 is 1.86 bits per heavy atom. The molecule has 3 aromatic carbocycles. The van der Waals surface area contributed by atoms with Crippen molar-refractivity contribution in [3.05, 3.63) is 100 Å². The maximum atomic E-state index is 13.5. The molecule has 0 aromatic heterocycles. The molecule has 1 N–H and O–H groups in total. The second-order valence-electron chi connectivity index (χ2n) is 9.19. The van der Waals surface area contributed by atoms with Gasteiger partial charge >= 0.3 is 5.97 Å². The quantitative estimate of drug-likeness (QED) is 0.220. The summed E-state index contributed by atoms with van der Waals surface area (Å²) >= 11 is 0. The minimum absolute atomic E-state index is 0.00609. The van der Waals surface area contributed by atoms with Crippen LogP contribution < -0.4 is 9.64 Å². The molecule has 2 aliphatic heterocycles. The van der Waals surface area contributed by atoms with E-state index in [1.165, 1.54) is 4.90 Å². The van der Waals surface area contributed by atoms with Gasteiger partial charge < -0.3 is 14.6 Å². The summed E-state index contributed by atoms with van der Waals surface area (Å²) in [4.78, 5) is 40.8. The predicted octanol–water partition coefficient (Wildman–Crippen LogP) is 5.12. The van der Waals surface area contributed by atoms with Gasteiger partial charge in [-0.3, -0.25) is 14.5 Å². The van der Waals surface area contributed by atoms with Crippen LogP contribution in [0.15, 0.2) is 72.3 Å². The van der Waals surface area contributed by atoms with E-state index in [9.17, 15) is 19.5 Å². The summed E-state index contributed by atoms with van der Waals surface area (Å²) < 4.78 is 10.8. The first kappa shape index (κ1) is 24.3. The third-order valence-corrected chi connectivity index (χ3v) is 6.56. The number of Topliss-reactive ketones (excluding diaryl/α,β-unsaturated/α-hetero) is 1. The van der Waals surface area contributed by atoms with Crippen LogP contribution in [-0.2, 0) is 20.7 Å². The fraction of sp³-hybridized carbons (Fsp3) is 0.233. The van der Waals surface area contributed by atoms with Crippen molar-refractivity contribution >= 4 is 29.1 Å². The van der Waals surface area contributed by atoms with Crippen LogP contribution >= 0.6 is 0 Å². The van der Waals surface area contributed by atoms with Crippen molar-refractivity contribution in [3.63, 3.8) is 0 Å². The molecule has 37 heavy (non-hydrogen) atoms. The van der Waals surface area contributed by atoms with E-state index in [0.717, 1.165) is 16.9 Å². The summed E-state index contributed by atoms with van der Waals surface area (Å²) in [5.74, 6) is -1.58. The van der Waals surface area contributed by atoms with Gasteiger partial charge in [-0.1, -0.05) is 42.8 Å². The monoisotopic (exact) mass is 497 g/mol. The van der Waals surface area contributed by atoms with Crippen LogP contribution in [0.25, 0.3) is 5.76 Å². The summed E-state index contributed by atoms with van der Waals surface area (Å²) in [6, 6.07) is 18.3. The normalized spacial score (nSPS) is 18.0. The zero-order valence-electron chi connectivity index (χ0n) is 20.7. The maximum Gasteiger partial charge on any atom is 0.338 e. The van der Waals surface area contributed by atoms with E-state index < -0.39 is 23.7 Å². The van der Waals surface area contributed by atoms with E-state index in [0.29, 0.717) is 36.3 Å². The number of ketones is 1. The van der Waals surface area contributed by atoms with Crippen LogP contribution in [0, 0.1) is 6.92 Å². The molecule has 1 unspecified atom stereocenters. The van der Waals surface area contributed by atoms with Gasteiger partial charge in [0, 0.05) is 17.7 Å². The van der Waals surface area contributed by atoms with E-state index in [-0.39, 0.29) is 23.5 Å². The van der Waals surface area contributed by atoms with Gasteiger partial charge in [0.15, 0.2) is 0 Å². The zero-order valence-corrected chi connectivity index (χ0v) is 20.7. The average molecular weight is 498 g/mol. The average Bonchev–Trinajstić information content (AvgIpc) is 3.48. The van der Waals surface area contributed by atoms with Crippen LogP contribution in [-0.4, -0.2) is 36.0 Å². The third-order valence-electron chi connectivity index (χ3n) is 6.56. The Hall–Kier alpha value is -4.39. The number of rotatable bonds is 6. The van der Waals surface area contributed by atoms with Gasteiger partial charge in [-0.05, 0) is 60.9 Å². The van der Waals surface area contributed by atoms with Crippen LogP contribution in [0.1, 0.15) is 52.0 Å². The third kappa shape index (κ3) is 4.48. The van der Waals surface area contributed by atoms with Gasteiger partial charge in [0.25, 0.3) is 11.7 Å². The number of anilines is 1. The number of aryl methyl sites for hydroxylation is 1. The Kier molecular flexibility index (Phi) is 6.53. The SMILES string of the molecule is CCCOC(=O)c1cccc(N2C(=O)C(=O)/C(=C(\O)c3ccc4c(c3)CCO4)C2c2cccc(C)c2)c1. The number of hydrogen-bond acceptors (Lipinski definition) is 6. The number of benzene rings is 3. The minimum atomic E-state index is -0.883. The van der Waals surface area contributed by atoms with Crippen LogP contribution in [0.5, 0.6) is 5.75 Å². The Labute approximate surface area is 214 Å². The molecular formula is C30H27NO6. The Bertz CT molecular complexity index is 1440. The van der Waals surface area contributed by atoms with Gasteiger partial charge in [-0.25, -0.2) is 4.79 Å². The molecule has 5 rings (SSSR count). The van der Waals surface area contributed by atoms with E-state index in [4.69, 9.17) is 9.47 Å². The highest BCUT2D eigenvalue weighted by atomic mass is 16.5. The molecule has 0 saturated carbocycles. The summed E-state index contributed by atoms with van der Waals surface area (Å²) in [5.41, 5.74) is 3.61. The Morgan fingerprint density at radius 3 is 2.65 bits per heavy atom. The first-order chi connectivity index (χ1) is 17.9. The van der Waals surface area contributed by atoms with E-state index in [2.05, 4.69) is 0 Å². The van der Waals surface area contributed by atoms with E-state index in [1.54, 1.807) is 42.5 Å². The topological polar surface area (TPSA) is 93.1 Å². The molecule has 1 amide bonds. The molecule has 0 radical (unpaired) electrons. The Balaban J connectivity index is 1.65. The van der Waals surface area contributed by atoms with Crippen molar-refractivity contribution in [2.75, 3.05) is 18.1 Å². The molecule has 2 heterocycles. The largest absolute Gasteiger partial charge is 0.507 e. The second-order valence-corrected chi connectivity index (χ2v) is 9.19. The number of nitrogens with zero attached hydrogens (tertiary/aromatic N) is 1. The van der Waals surface area contributed by atoms with Gasteiger partial charge in [-0.15, -0.1) is 0 Å². The maximum absolute atomic E-state index is 13.5. The van der Waals surface area contributed by atoms with Crippen molar-refractivity contribution in [1.82, 2.24) is 0 Å². The van der Waals surface area contributed by atoms with Gasteiger partial charge in [0.2, 0.25) is 0 Å². The molecule has 0 bridgehead atoms. The molecule has 1 saturated heterocycles. The molecule has 3 aromatic rings. The number of aliphatic hydroxyl groups excluding tert-OH is 1. The van der Waals surface area contributed by atoms with Gasteiger partial charge in [0.05, 0.1) is 30.4 Å². The van der Waals surface area contributed by atoms with Crippen molar-refractivity contribution in [3.8, 4) is 5.75 Å². The predicted molar refractivity (Wildman–Crippen MR) is 139 cm³/mol. The fourth-order valence-corrected chi connectivity index (χ4v) is 4.80. The molecule has 0 aliphatic carbocycles. The lowest BCUT2D eigenvalue weighted by atomic mass is 9.93. The van der Waals surface area contributed by atoms with E-state index >= 15 is 0 Å². The highest BCUT2D eigenvalue weighted by Gasteiger charge is 2.47. The number of ether oxygens (including phenoxy) is 2. The summed E-state index contributed by atoms with van der Waals surface area (Å²) in [6.45, 7) is 4.66. The summed E-state index contributed by atoms with van der Waals surface area (Å²) in [7, 11) is 0. The Morgan fingerprint density at radius 1 is 1.05 bits per heavy atom. The number of carbonyl (C=O) groups is 3. The number of amides is 1. The number of fused-ring (bicyclic) bond motifs is 1. The smallest absolute Gasteiger partial charge is 0.338 e. The summed E-state index contributed by atoms with van der Waals surface area (Å²) in [5, 5.41) is 11.4. The van der Waals surface area contributed by atoms with Crippen LogP contribution in [0.2, 0.25) is 0 Å². The van der Waals surface area contributed by atoms with E-state index in [1.807, 2.05) is 38.1 Å². The lowest BCUT2D eigenvalue weighted by molar-refractivity contribution is -0.132. The first-order valence-corrected chi connectivity index (χ1v) is 12.3. The van der Waals surface area contributed by atoms with Crippen molar-refractivity contribution in [2.24, 2.45) is 0 Å². The lowest BCUT2D eigenvalue weighted by Crippen LogP contribution is -2.29. The first-order valence-electron chi connectivity index (χ1n) is 12.3. The number of esters is 1. The molecular weight excluding hydrogens is 470 g/mol. The molecule has 7 heteroatoms. The number of aliphatic hydroxyl groups is 1. The standard InChI is InChI=1S/C30H27NO6/c1-3-13-37-30(35)22-8-5-9-23(17-22)31-26(20-7-4-6-18(2)15-20)25(28(33)29(31)34)27(32)21-10-11-24-19(16-21)12-14-36-24/h4-11,15-17,26,32H,3,12-14H2,1-2H3/b27-25-. The van der Waals surface area contributed by atoms with Crippen LogP contribution in [0.4, 0.5) is 5.69 Å². The molecule has 0 spiro atoms. The van der Waals surface area contributed by atoms with Crippen LogP contribution in [0.3, 0.4) is 0 Å². The molecule has 188 valence electrons. The molecule has 7 nitrogen and oxygen atoms in total. The van der Waals surface area contributed by atoms with Crippen molar-refractivity contribution in [2.45, 2.75) is 32.7 Å². The zero-order chi connectivity index (χ0) is 26.1. The van der Waals surface area contributed by atoms with Crippen molar-refractivity contribution in [1.29, 1.82) is 0 Å². The molecule has 1 fully saturated rings. The highest BCUT2D eigenvalue weighted by Crippen LogP contribution is 2.43. The van der Waals surface area contributed by atoms with Gasteiger partial charge in [-0.2, -0.15) is 0 Å². The fourth-order valence-electron chi connectivity index (χ4n) is 4.80. The number of hydrogen-bond donors (Lipinski definition) is 1. The molecule has 2 aliphatic rings. The second kappa shape index (κ2) is 9.93. The molecule has 1 atom stereocenters. The highest BCUT2D eigenvalue weighted by molar-refractivity contribution is 6.51.